The van der Waals surface area contributed by atoms with Gasteiger partial charge in [0.05, 0.1) is 6.10 Å². The van der Waals surface area contributed by atoms with Gasteiger partial charge in [0, 0.05) is 13.6 Å². The van der Waals surface area contributed by atoms with E-state index in [1.54, 1.807) is 11.7 Å². The van der Waals surface area contributed by atoms with Crippen molar-refractivity contribution in [3.63, 3.8) is 0 Å². The third-order valence-electron chi connectivity index (χ3n) is 2.41. The lowest BCUT2D eigenvalue weighted by Crippen LogP contribution is -2.29. The predicted octanol–water partition coefficient (Wildman–Crippen LogP) is 0.978. The SMILES string of the molecule is CCC[C@H](C)Oc1nc(N)/c(=N/C)n(CC)n1. The molecule has 6 heteroatoms. The van der Waals surface area contributed by atoms with E-state index in [9.17, 15) is 0 Å². The maximum absolute atomic E-state index is 5.81. The molecule has 0 saturated carbocycles. The van der Waals surface area contributed by atoms with Crippen LogP contribution in [0.4, 0.5) is 5.82 Å². The molecule has 0 spiro atoms. The summed E-state index contributed by atoms with van der Waals surface area (Å²) < 4.78 is 7.30. The van der Waals surface area contributed by atoms with Crippen LogP contribution in [0.1, 0.15) is 33.6 Å². The van der Waals surface area contributed by atoms with Gasteiger partial charge < -0.3 is 10.5 Å². The molecular weight excluding hydrogens is 218 g/mol. The summed E-state index contributed by atoms with van der Waals surface area (Å²) in [7, 11) is 1.67. The minimum Gasteiger partial charge on any atom is -0.459 e. The fourth-order valence-corrected chi connectivity index (χ4v) is 1.60. The van der Waals surface area contributed by atoms with E-state index in [-0.39, 0.29) is 6.10 Å². The highest BCUT2D eigenvalue weighted by Gasteiger charge is 2.09. The zero-order chi connectivity index (χ0) is 12.8. The van der Waals surface area contributed by atoms with Crippen molar-refractivity contribution in [1.82, 2.24) is 14.8 Å². The number of hydrogen-bond acceptors (Lipinski definition) is 5. The Hall–Kier alpha value is -1.59. The van der Waals surface area contributed by atoms with E-state index >= 15 is 0 Å². The van der Waals surface area contributed by atoms with Gasteiger partial charge >= 0.3 is 6.01 Å². The summed E-state index contributed by atoms with van der Waals surface area (Å²) in [5.41, 5.74) is 6.40. The molecule has 0 saturated heterocycles. The van der Waals surface area contributed by atoms with Crippen LogP contribution >= 0.6 is 0 Å². The Labute approximate surface area is 102 Å². The molecule has 0 unspecified atom stereocenters. The molecule has 96 valence electrons. The number of aromatic nitrogens is 3. The smallest absolute Gasteiger partial charge is 0.336 e. The molecule has 0 amide bonds. The molecule has 17 heavy (non-hydrogen) atoms. The minimum absolute atomic E-state index is 0.0918. The summed E-state index contributed by atoms with van der Waals surface area (Å²) in [6.45, 7) is 6.76. The summed E-state index contributed by atoms with van der Waals surface area (Å²) in [6, 6.07) is 0.317. The minimum atomic E-state index is 0.0918. The molecule has 0 radical (unpaired) electrons. The molecule has 0 aliphatic carbocycles. The van der Waals surface area contributed by atoms with Gasteiger partial charge in [0.1, 0.15) is 0 Å². The molecule has 6 nitrogen and oxygen atoms in total. The van der Waals surface area contributed by atoms with Crippen LogP contribution in [0.15, 0.2) is 4.99 Å². The lowest BCUT2D eigenvalue weighted by molar-refractivity contribution is 0.186. The van der Waals surface area contributed by atoms with Gasteiger partial charge in [-0.2, -0.15) is 4.98 Å². The van der Waals surface area contributed by atoms with Gasteiger partial charge in [-0.15, -0.1) is 5.10 Å². The number of nitrogen functional groups attached to an aromatic ring is 1. The van der Waals surface area contributed by atoms with Crippen LogP contribution in [0.3, 0.4) is 0 Å². The van der Waals surface area contributed by atoms with E-state index in [0.29, 0.717) is 23.9 Å². The molecular formula is C11H21N5O. The zero-order valence-electron chi connectivity index (χ0n) is 11.0. The van der Waals surface area contributed by atoms with Crippen molar-refractivity contribution in [3.8, 4) is 6.01 Å². The Morgan fingerprint density at radius 1 is 1.47 bits per heavy atom. The highest BCUT2D eigenvalue weighted by Crippen LogP contribution is 2.07. The van der Waals surface area contributed by atoms with Crippen LogP contribution in [0, 0.1) is 0 Å². The monoisotopic (exact) mass is 239 g/mol. The quantitative estimate of drug-likeness (QED) is 0.830. The van der Waals surface area contributed by atoms with Crippen molar-refractivity contribution in [2.75, 3.05) is 12.8 Å². The average molecular weight is 239 g/mol. The number of anilines is 1. The maximum atomic E-state index is 5.81. The highest BCUT2D eigenvalue weighted by atomic mass is 16.5. The van der Waals surface area contributed by atoms with E-state index in [4.69, 9.17) is 10.5 Å². The molecule has 1 aromatic rings. The first-order valence-electron chi connectivity index (χ1n) is 5.96. The molecule has 1 aromatic heterocycles. The van der Waals surface area contributed by atoms with E-state index in [2.05, 4.69) is 22.0 Å². The molecule has 2 N–H and O–H groups in total. The second-order valence-electron chi connectivity index (χ2n) is 3.86. The van der Waals surface area contributed by atoms with Gasteiger partial charge in [-0.25, -0.2) is 4.68 Å². The summed E-state index contributed by atoms with van der Waals surface area (Å²) >= 11 is 0. The fraction of sp³-hybridized carbons (Fsp3) is 0.727. The topological polar surface area (TPSA) is 78.3 Å². The molecule has 0 aliphatic rings. The number of rotatable bonds is 5. The van der Waals surface area contributed by atoms with E-state index < -0.39 is 0 Å². The Morgan fingerprint density at radius 2 is 2.18 bits per heavy atom. The number of ether oxygens (including phenoxy) is 1. The number of hydrogen-bond donors (Lipinski definition) is 1. The average Bonchev–Trinajstić information content (AvgIpc) is 2.28. The largest absolute Gasteiger partial charge is 0.459 e. The highest BCUT2D eigenvalue weighted by molar-refractivity contribution is 5.23. The lowest BCUT2D eigenvalue weighted by atomic mass is 10.2. The van der Waals surface area contributed by atoms with Crippen LogP contribution in [0.2, 0.25) is 0 Å². The zero-order valence-corrected chi connectivity index (χ0v) is 11.0. The molecule has 0 aliphatic heterocycles. The summed E-state index contributed by atoms with van der Waals surface area (Å²) in [4.78, 5) is 8.16. The third kappa shape index (κ3) is 3.44. The summed E-state index contributed by atoms with van der Waals surface area (Å²) in [5.74, 6) is 0.350. The number of aryl methyl sites for hydroxylation is 1. The van der Waals surface area contributed by atoms with Crippen LogP contribution in [-0.2, 0) is 6.54 Å². The van der Waals surface area contributed by atoms with Crippen molar-refractivity contribution < 1.29 is 4.74 Å². The molecule has 1 rings (SSSR count). The first kappa shape index (κ1) is 13.5. The molecule has 1 heterocycles. The van der Waals surface area contributed by atoms with Gasteiger partial charge in [0.15, 0.2) is 11.3 Å². The standard InChI is InChI=1S/C11H21N5O/c1-5-7-8(3)17-11-14-9(12)10(13-4)16(6-2)15-11/h8H,5-7H2,1-4H3,(H2,12,14,15)/b13-10-/t8-/m0/s1. The normalized spacial score (nSPS) is 13.8. The number of nitrogens with zero attached hydrogens (tertiary/aromatic N) is 4. The van der Waals surface area contributed by atoms with Gasteiger partial charge in [0.2, 0.25) is 0 Å². The maximum Gasteiger partial charge on any atom is 0.336 e. The fourth-order valence-electron chi connectivity index (χ4n) is 1.60. The summed E-state index contributed by atoms with van der Waals surface area (Å²) in [6.07, 6.45) is 2.12. The Kier molecular flexibility index (Phi) is 4.93. The van der Waals surface area contributed by atoms with E-state index in [0.717, 1.165) is 12.8 Å². The number of nitrogens with two attached hydrogens (primary N) is 1. The first-order chi connectivity index (χ1) is 8.12. The summed E-state index contributed by atoms with van der Waals surface area (Å²) in [5, 5.41) is 4.25. The van der Waals surface area contributed by atoms with Gasteiger partial charge in [-0.1, -0.05) is 13.3 Å². The van der Waals surface area contributed by atoms with Crippen LogP contribution in [0.25, 0.3) is 0 Å². The van der Waals surface area contributed by atoms with Gasteiger partial charge in [-0.3, -0.25) is 4.99 Å². The van der Waals surface area contributed by atoms with Gasteiger partial charge in [0.25, 0.3) is 0 Å². The van der Waals surface area contributed by atoms with Crippen molar-refractivity contribution >= 4 is 5.82 Å². The molecule has 1 atom stereocenters. The van der Waals surface area contributed by atoms with Crippen LogP contribution < -0.4 is 16.0 Å². The van der Waals surface area contributed by atoms with Crippen molar-refractivity contribution in [3.05, 3.63) is 5.49 Å². The van der Waals surface area contributed by atoms with Crippen molar-refractivity contribution in [2.45, 2.75) is 46.3 Å². The van der Waals surface area contributed by atoms with E-state index in [1.807, 2.05) is 13.8 Å². The molecule has 0 fully saturated rings. The lowest BCUT2D eigenvalue weighted by Gasteiger charge is -2.13. The van der Waals surface area contributed by atoms with E-state index in [1.165, 1.54) is 0 Å². The Balaban J connectivity index is 3.00. The molecule has 0 aromatic carbocycles. The first-order valence-corrected chi connectivity index (χ1v) is 5.96. The predicted molar refractivity (Wildman–Crippen MR) is 66.6 cm³/mol. The van der Waals surface area contributed by atoms with Crippen molar-refractivity contribution in [1.29, 1.82) is 0 Å². The second kappa shape index (κ2) is 6.22. The third-order valence-corrected chi connectivity index (χ3v) is 2.41. The van der Waals surface area contributed by atoms with Gasteiger partial charge in [-0.05, 0) is 20.3 Å². The van der Waals surface area contributed by atoms with Crippen molar-refractivity contribution in [2.24, 2.45) is 4.99 Å². The van der Waals surface area contributed by atoms with Crippen LogP contribution in [0.5, 0.6) is 6.01 Å². The Bertz CT molecular complexity index is 426. The molecule has 0 bridgehead atoms. The Morgan fingerprint density at radius 3 is 2.71 bits per heavy atom. The van der Waals surface area contributed by atoms with Crippen LogP contribution in [-0.4, -0.2) is 27.9 Å². The second-order valence-corrected chi connectivity index (χ2v) is 3.86.